The summed E-state index contributed by atoms with van der Waals surface area (Å²) in [5, 5.41) is 10.2. The van der Waals surface area contributed by atoms with Crippen LogP contribution in [0, 0.1) is 40.4 Å². The van der Waals surface area contributed by atoms with Crippen molar-refractivity contribution in [2.24, 2.45) is 40.4 Å². The van der Waals surface area contributed by atoms with Crippen LogP contribution in [0.4, 0.5) is 0 Å². The maximum absolute atomic E-state index is 13.4. The molecule has 0 aromatic carbocycles. The largest absolute Gasteiger partial charge is 0.393 e. The number of ketones is 1. The Bertz CT molecular complexity index is 746. The van der Waals surface area contributed by atoms with Crippen LogP contribution in [0.5, 0.6) is 0 Å². The van der Waals surface area contributed by atoms with E-state index < -0.39 is 0 Å². The molecule has 0 unspecified atom stereocenters. The van der Waals surface area contributed by atoms with E-state index in [2.05, 4.69) is 41.2 Å². The molecule has 0 heterocycles. The molecule has 7 atom stereocenters. The van der Waals surface area contributed by atoms with Crippen LogP contribution in [-0.2, 0) is 4.79 Å². The fourth-order valence-corrected chi connectivity index (χ4v) is 8.05. The highest BCUT2D eigenvalue weighted by Crippen LogP contribution is 2.65. The second kappa shape index (κ2) is 7.91. The van der Waals surface area contributed by atoms with Crippen LogP contribution < -0.4 is 0 Å². The van der Waals surface area contributed by atoms with E-state index in [9.17, 15) is 9.90 Å². The van der Waals surface area contributed by atoms with Gasteiger partial charge in [0.05, 0.1) is 6.10 Å². The predicted octanol–water partition coefficient (Wildman–Crippen LogP) is 6.88. The number of aliphatic hydroxyl groups excluding tert-OH is 1. The quantitative estimate of drug-likeness (QED) is 0.500. The maximum atomic E-state index is 13.4. The summed E-state index contributed by atoms with van der Waals surface area (Å²) in [7, 11) is 0. The summed E-state index contributed by atoms with van der Waals surface area (Å²) in [6, 6.07) is 0. The zero-order valence-electron chi connectivity index (χ0n) is 20.1. The van der Waals surface area contributed by atoms with Gasteiger partial charge in [0.1, 0.15) is 0 Å². The first kappa shape index (κ1) is 22.3. The van der Waals surface area contributed by atoms with E-state index in [0.717, 1.165) is 38.0 Å². The molecule has 0 saturated heterocycles. The monoisotopic (exact) mass is 412 g/mol. The Kier molecular flexibility index (Phi) is 5.88. The molecule has 168 valence electrons. The Labute approximate surface area is 184 Å². The topological polar surface area (TPSA) is 37.3 Å². The van der Waals surface area contributed by atoms with Crippen molar-refractivity contribution in [1.29, 1.82) is 0 Å². The summed E-state index contributed by atoms with van der Waals surface area (Å²) in [4.78, 5) is 13.4. The van der Waals surface area contributed by atoms with Crippen molar-refractivity contribution in [3.8, 4) is 0 Å². The van der Waals surface area contributed by atoms with Gasteiger partial charge < -0.3 is 5.11 Å². The van der Waals surface area contributed by atoms with Gasteiger partial charge in [0.25, 0.3) is 0 Å². The number of fused-ring (bicyclic) bond motifs is 4. The van der Waals surface area contributed by atoms with E-state index >= 15 is 0 Å². The number of rotatable bonds is 5. The number of Topliss-reactive ketones (excluding diaryl/α,β-unsaturated/α-hetero) is 1. The number of allylic oxidation sites excluding steroid dienone is 3. The van der Waals surface area contributed by atoms with Crippen molar-refractivity contribution < 1.29 is 9.90 Å². The van der Waals surface area contributed by atoms with E-state index in [1.165, 1.54) is 42.4 Å². The lowest BCUT2D eigenvalue weighted by Crippen LogP contribution is -2.48. The molecular weight excluding hydrogens is 368 g/mol. The van der Waals surface area contributed by atoms with Crippen molar-refractivity contribution in [2.75, 3.05) is 0 Å². The normalized spacial score (nSPS) is 42.0. The molecule has 1 N–H and O–H groups in total. The average molecular weight is 413 g/mol. The molecule has 0 bridgehead atoms. The van der Waals surface area contributed by atoms with Crippen molar-refractivity contribution in [3.05, 3.63) is 23.3 Å². The molecule has 2 fully saturated rings. The lowest BCUT2D eigenvalue weighted by molar-refractivity contribution is -0.121. The van der Waals surface area contributed by atoms with Crippen molar-refractivity contribution >= 4 is 5.78 Å². The second-order valence-electron chi connectivity index (χ2n) is 12.1. The molecule has 4 rings (SSSR count). The van der Waals surface area contributed by atoms with Crippen LogP contribution in [0.3, 0.4) is 0 Å². The van der Waals surface area contributed by atoms with Crippen LogP contribution in [0.1, 0.15) is 98.8 Å². The first-order valence-corrected chi connectivity index (χ1v) is 12.7. The summed E-state index contributed by atoms with van der Waals surface area (Å²) >= 11 is 0. The van der Waals surface area contributed by atoms with Crippen molar-refractivity contribution in [1.82, 2.24) is 0 Å². The summed E-state index contributed by atoms with van der Waals surface area (Å²) in [6.07, 6.45) is 10.5. The van der Waals surface area contributed by atoms with Crippen LogP contribution in [-0.4, -0.2) is 17.0 Å². The van der Waals surface area contributed by atoms with Crippen LogP contribution in [0.25, 0.3) is 0 Å². The molecule has 4 aliphatic carbocycles. The molecule has 0 amide bonds. The minimum Gasteiger partial charge on any atom is -0.393 e. The molecule has 0 aromatic rings. The maximum Gasteiger partial charge on any atom is 0.159 e. The van der Waals surface area contributed by atoms with Gasteiger partial charge in [-0.15, -0.1) is 0 Å². The number of carbonyl (C=O) groups is 1. The summed E-state index contributed by atoms with van der Waals surface area (Å²) in [5.41, 5.74) is 4.60. The lowest BCUT2D eigenvalue weighted by atomic mass is 9.50. The molecule has 2 heteroatoms. The third-order valence-corrected chi connectivity index (χ3v) is 10.3. The molecule has 0 aromatic heterocycles. The highest BCUT2D eigenvalue weighted by Gasteiger charge is 2.57. The van der Waals surface area contributed by atoms with Gasteiger partial charge in [-0.3, -0.25) is 4.79 Å². The molecular formula is C28H44O2. The second-order valence-corrected chi connectivity index (χ2v) is 12.1. The van der Waals surface area contributed by atoms with Crippen molar-refractivity contribution in [2.45, 2.75) is 105 Å². The Hall–Kier alpha value is -0.890. The minimum absolute atomic E-state index is 0.155. The molecule has 0 spiro atoms. The molecule has 0 radical (unpaired) electrons. The van der Waals surface area contributed by atoms with E-state index in [1.54, 1.807) is 0 Å². The van der Waals surface area contributed by atoms with Gasteiger partial charge in [-0.2, -0.15) is 0 Å². The zero-order chi connectivity index (χ0) is 21.8. The van der Waals surface area contributed by atoms with Crippen LogP contribution >= 0.6 is 0 Å². The zero-order valence-corrected chi connectivity index (χ0v) is 20.1. The van der Waals surface area contributed by atoms with Gasteiger partial charge >= 0.3 is 0 Å². The summed E-state index contributed by atoms with van der Waals surface area (Å²) < 4.78 is 0. The predicted molar refractivity (Wildman–Crippen MR) is 124 cm³/mol. The van der Waals surface area contributed by atoms with E-state index in [4.69, 9.17) is 0 Å². The summed E-state index contributed by atoms with van der Waals surface area (Å²) in [6.45, 7) is 16.2. The average Bonchev–Trinajstić information content (AvgIpc) is 3.04. The fraction of sp³-hybridized carbons (Fsp3) is 0.821. The molecule has 30 heavy (non-hydrogen) atoms. The van der Waals surface area contributed by atoms with Gasteiger partial charge in [0, 0.05) is 6.42 Å². The highest BCUT2D eigenvalue weighted by atomic mass is 16.3. The number of carbonyl (C=O) groups excluding carboxylic acids is 1. The van der Waals surface area contributed by atoms with Gasteiger partial charge in [-0.05, 0) is 104 Å². The smallest absolute Gasteiger partial charge is 0.159 e. The highest BCUT2D eigenvalue weighted by molar-refractivity contribution is 5.98. The molecule has 0 aliphatic heterocycles. The number of aliphatic hydroxyl groups is 1. The third-order valence-electron chi connectivity index (χ3n) is 10.3. The Balaban J connectivity index is 1.58. The first-order chi connectivity index (χ1) is 14.1. The minimum atomic E-state index is -0.204. The van der Waals surface area contributed by atoms with Gasteiger partial charge in [-0.1, -0.05) is 52.3 Å². The fourth-order valence-electron chi connectivity index (χ4n) is 8.05. The molecule has 4 aliphatic rings. The first-order valence-electron chi connectivity index (χ1n) is 12.7. The lowest BCUT2D eigenvalue weighted by Gasteiger charge is -2.54. The SMILES string of the molecule is C=C(CC[C@@H](C)[C@H]1CC[C@H]2C3=C(CC[C@]12C)[C@@]1(C)CC[C@H](O)C[C@@H]1CC3=O)C(C)C. The third kappa shape index (κ3) is 3.46. The summed E-state index contributed by atoms with van der Waals surface area (Å²) in [5.74, 6) is 3.26. The van der Waals surface area contributed by atoms with Gasteiger partial charge in [0.15, 0.2) is 5.78 Å². The molecule has 2 nitrogen and oxygen atoms in total. The van der Waals surface area contributed by atoms with Gasteiger partial charge in [0.2, 0.25) is 0 Å². The van der Waals surface area contributed by atoms with E-state index in [0.29, 0.717) is 35.9 Å². The number of hydrogen-bond acceptors (Lipinski definition) is 2. The Morgan fingerprint density at radius 3 is 2.60 bits per heavy atom. The van der Waals surface area contributed by atoms with Crippen LogP contribution in [0.15, 0.2) is 23.3 Å². The standard InChI is InChI=1S/C28H44O2/c1-17(2)18(3)7-8-19(4)22-9-10-23-26-24(12-14-28(22,23)6)27(5)13-11-21(29)15-20(27)16-25(26)30/h17,19-23,29H,3,7-16H2,1-2,4-6H3/t19-,20-,21+,22-,23+,27+,28-/m1/s1. The Morgan fingerprint density at radius 2 is 1.90 bits per heavy atom. The van der Waals surface area contributed by atoms with Gasteiger partial charge in [-0.25, -0.2) is 0 Å². The molecule has 2 saturated carbocycles. The van der Waals surface area contributed by atoms with E-state index in [-0.39, 0.29) is 16.9 Å². The van der Waals surface area contributed by atoms with Crippen molar-refractivity contribution in [3.63, 3.8) is 0 Å². The van der Waals surface area contributed by atoms with Crippen LogP contribution in [0.2, 0.25) is 0 Å². The number of hydrogen-bond donors (Lipinski definition) is 1. The Morgan fingerprint density at radius 1 is 1.17 bits per heavy atom. The van der Waals surface area contributed by atoms with E-state index in [1.807, 2.05) is 0 Å².